The van der Waals surface area contributed by atoms with E-state index in [4.69, 9.17) is 9.84 Å². The number of aryl methyl sites for hydroxylation is 2. The van der Waals surface area contributed by atoms with E-state index in [9.17, 15) is 14.7 Å². The average Bonchev–Trinajstić information content (AvgIpc) is 2.42. The van der Waals surface area contributed by atoms with Crippen LogP contribution < -0.4 is 4.74 Å². The number of esters is 1. The van der Waals surface area contributed by atoms with Crippen LogP contribution in [0.25, 0.3) is 0 Å². The van der Waals surface area contributed by atoms with E-state index in [-0.39, 0.29) is 30.8 Å². The van der Waals surface area contributed by atoms with Crippen LogP contribution in [-0.2, 0) is 15.0 Å². The van der Waals surface area contributed by atoms with Gasteiger partial charge < -0.3 is 14.9 Å². The molecule has 2 N–H and O–H groups in total. The Morgan fingerprint density at radius 1 is 1.12 bits per heavy atom. The molecule has 1 rings (SSSR count). The van der Waals surface area contributed by atoms with Crippen molar-refractivity contribution in [1.82, 2.24) is 0 Å². The number of aliphatic hydroxyl groups excluding tert-OH is 1. The number of benzene rings is 1. The van der Waals surface area contributed by atoms with Gasteiger partial charge in [-0.3, -0.25) is 9.59 Å². The SMILES string of the molecule is Cc1cc(C)c(C(C)(C)CCO)c(OC(=O)CCCCC(=O)O)c1. The molecule has 24 heavy (non-hydrogen) atoms. The fourth-order valence-electron chi connectivity index (χ4n) is 3.00. The van der Waals surface area contributed by atoms with Crippen LogP contribution in [0.4, 0.5) is 0 Å². The lowest BCUT2D eigenvalue weighted by atomic mass is 9.78. The predicted molar refractivity (Wildman–Crippen MR) is 92.4 cm³/mol. The first-order chi connectivity index (χ1) is 11.2. The van der Waals surface area contributed by atoms with Gasteiger partial charge in [0.1, 0.15) is 5.75 Å². The fraction of sp³-hybridized carbons (Fsp3) is 0.579. The summed E-state index contributed by atoms with van der Waals surface area (Å²) >= 11 is 0. The van der Waals surface area contributed by atoms with E-state index >= 15 is 0 Å². The van der Waals surface area contributed by atoms with Crippen molar-refractivity contribution in [3.8, 4) is 5.75 Å². The highest BCUT2D eigenvalue weighted by atomic mass is 16.5. The lowest BCUT2D eigenvalue weighted by molar-refractivity contribution is -0.138. The predicted octanol–water partition coefficient (Wildman–Crippen LogP) is 3.51. The van der Waals surface area contributed by atoms with Gasteiger partial charge in [-0.15, -0.1) is 0 Å². The highest BCUT2D eigenvalue weighted by Gasteiger charge is 2.27. The Kier molecular flexibility index (Phi) is 7.42. The molecule has 1 aromatic rings. The molecule has 5 heteroatoms. The van der Waals surface area contributed by atoms with E-state index in [1.165, 1.54) is 0 Å². The molecule has 0 saturated carbocycles. The van der Waals surface area contributed by atoms with E-state index in [2.05, 4.69) is 0 Å². The monoisotopic (exact) mass is 336 g/mol. The number of carboxylic acid groups (broad SMARTS) is 1. The third-order valence-electron chi connectivity index (χ3n) is 4.10. The number of aliphatic hydroxyl groups is 1. The molecule has 0 aliphatic rings. The number of ether oxygens (including phenoxy) is 1. The lowest BCUT2D eigenvalue weighted by Crippen LogP contribution is -2.23. The van der Waals surface area contributed by atoms with E-state index in [0.717, 1.165) is 16.7 Å². The van der Waals surface area contributed by atoms with Gasteiger partial charge in [-0.2, -0.15) is 0 Å². The molecular weight excluding hydrogens is 308 g/mol. The first-order valence-electron chi connectivity index (χ1n) is 8.32. The van der Waals surface area contributed by atoms with E-state index in [1.54, 1.807) is 0 Å². The zero-order valence-corrected chi connectivity index (χ0v) is 15.0. The number of carbonyl (C=O) groups is 2. The number of hydrogen-bond acceptors (Lipinski definition) is 4. The molecule has 0 aliphatic carbocycles. The molecule has 0 unspecified atom stereocenters. The summed E-state index contributed by atoms with van der Waals surface area (Å²) < 4.78 is 5.58. The van der Waals surface area contributed by atoms with E-state index < -0.39 is 5.97 Å². The Bertz CT molecular complexity index is 590. The summed E-state index contributed by atoms with van der Waals surface area (Å²) in [6, 6.07) is 3.88. The minimum Gasteiger partial charge on any atom is -0.481 e. The third kappa shape index (κ3) is 5.96. The summed E-state index contributed by atoms with van der Waals surface area (Å²) in [6.07, 6.45) is 1.78. The largest absolute Gasteiger partial charge is 0.481 e. The molecule has 0 radical (unpaired) electrons. The topological polar surface area (TPSA) is 83.8 Å². The van der Waals surface area contributed by atoms with Gasteiger partial charge in [0.15, 0.2) is 0 Å². The molecule has 0 atom stereocenters. The van der Waals surface area contributed by atoms with Crippen molar-refractivity contribution in [3.63, 3.8) is 0 Å². The maximum absolute atomic E-state index is 12.1. The van der Waals surface area contributed by atoms with Crippen LogP contribution in [0.3, 0.4) is 0 Å². The zero-order valence-electron chi connectivity index (χ0n) is 15.0. The van der Waals surface area contributed by atoms with Gasteiger partial charge in [-0.1, -0.05) is 19.9 Å². The summed E-state index contributed by atoms with van der Waals surface area (Å²) in [5.41, 5.74) is 2.65. The van der Waals surface area contributed by atoms with Gasteiger partial charge >= 0.3 is 11.9 Å². The van der Waals surface area contributed by atoms with Crippen molar-refractivity contribution >= 4 is 11.9 Å². The van der Waals surface area contributed by atoms with Crippen molar-refractivity contribution in [2.45, 2.75) is 65.2 Å². The molecule has 0 aliphatic heterocycles. The number of carbonyl (C=O) groups excluding carboxylic acids is 1. The van der Waals surface area contributed by atoms with E-state index in [0.29, 0.717) is 25.0 Å². The summed E-state index contributed by atoms with van der Waals surface area (Å²) in [5, 5.41) is 17.9. The maximum Gasteiger partial charge on any atom is 0.311 e. The molecule has 134 valence electrons. The van der Waals surface area contributed by atoms with Crippen molar-refractivity contribution in [2.75, 3.05) is 6.61 Å². The standard InChI is InChI=1S/C19H28O5/c1-13-11-14(2)18(19(3,4)9-10-20)15(12-13)24-17(23)8-6-5-7-16(21)22/h11-12,20H,5-10H2,1-4H3,(H,21,22). The average molecular weight is 336 g/mol. The molecular formula is C19H28O5. The Hall–Kier alpha value is -1.88. The zero-order chi connectivity index (χ0) is 18.3. The van der Waals surface area contributed by atoms with Crippen LogP contribution in [-0.4, -0.2) is 28.8 Å². The molecule has 0 amide bonds. The lowest BCUT2D eigenvalue weighted by Gasteiger charge is -2.28. The van der Waals surface area contributed by atoms with Crippen LogP contribution in [0.2, 0.25) is 0 Å². The van der Waals surface area contributed by atoms with E-state index in [1.807, 2.05) is 39.8 Å². The van der Waals surface area contributed by atoms with Crippen molar-refractivity contribution in [1.29, 1.82) is 0 Å². The quantitative estimate of drug-likeness (QED) is 0.409. The van der Waals surface area contributed by atoms with Gasteiger partial charge in [0.2, 0.25) is 0 Å². The van der Waals surface area contributed by atoms with Crippen LogP contribution in [0.5, 0.6) is 5.75 Å². The van der Waals surface area contributed by atoms with Gasteiger partial charge in [0.05, 0.1) is 0 Å². The van der Waals surface area contributed by atoms with Crippen LogP contribution >= 0.6 is 0 Å². The molecule has 1 aromatic carbocycles. The van der Waals surface area contributed by atoms with Crippen LogP contribution in [0.15, 0.2) is 12.1 Å². The minimum atomic E-state index is -0.856. The summed E-state index contributed by atoms with van der Waals surface area (Å²) in [7, 11) is 0. The summed E-state index contributed by atoms with van der Waals surface area (Å²) in [5.74, 6) is -0.675. The molecule has 0 fully saturated rings. The van der Waals surface area contributed by atoms with Gasteiger partial charge in [-0.05, 0) is 55.7 Å². The summed E-state index contributed by atoms with van der Waals surface area (Å²) in [6.45, 7) is 8.02. The first-order valence-corrected chi connectivity index (χ1v) is 8.32. The molecule has 0 aromatic heterocycles. The maximum atomic E-state index is 12.1. The molecule has 0 bridgehead atoms. The van der Waals surface area contributed by atoms with Crippen LogP contribution in [0, 0.1) is 13.8 Å². The van der Waals surface area contributed by atoms with Gasteiger partial charge in [-0.25, -0.2) is 0 Å². The molecule has 0 saturated heterocycles. The Balaban J connectivity index is 2.90. The number of rotatable bonds is 9. The van der Waals surface area contributed by atoms with Crippen LogP contribution in [0.1, 0.15) is 62.6 Å². The number of hydrogen-bond donors (Lipinski definition) is 2. The number of aliphatic carboxylic acids is 1. The van der Waals surface area contributed by atoms with Crippen molar-refractivity contribution < 1.29 is 24.5 Å². The van der Waals surface area contributed by atoms with Crippen molar-refractivity contribution in [3.05, 3.63) is 28.8 Å². The third-order valence-corrected chi connectivity index (χ3v) is 4.10. The smallest absolute Gasteiger partial charge is 0.311 e. The normalized spacial score (nSPS) is 11.4. The fourth-order valence-corrected chi connectivity index (χ4v) is 3.00. The second-order valence-electron chi connectivity index (χ2n) is 6.89. The molecule has 0 heterocycles. The highest BCUT2D eigenvalue weighted by Crippen LogP contribution is 2.37. The number of carboxylic acids is 1. The summed E-state index contributed by atoms with van der Waals surface area (Å²) in [4.78, 5) is 22.6. The van der Waals surface area contributed by atoms with Gasteiger partial charge in [0.25, 0.3) is 0 Å². The van der Waals surface area contributed by atoms with Crippen molar-refractivity contribution in [2.24, 2.45) is 0 Å². The minimum absolute atomic E-state index is 0.0584. The Labute approximate surface area is 143 Å². The Morgan fingerprint density at radius 2 is 1.75 bits per heavy atom. The second kappa shape index (κ2) is 8.83. The molecule has 0 spiro atoms. The molecule has 5 nitrogen and oxygen atoms in total. The van der Waals surface area contributed by atoms with Gasteiger partial charge in [0, 0.05) is 25.0 Å². The highest BCUT2D eigenvalue weighted by molar-refractivity contribution is 5.73. The first kappa shape index (κ1) is 20.2. The second-order valence-corrected chi connectivity index (χ2v) is 6.89. The number of unbranched alkanes of at least 4 members (excludes halogenated alkanes) is 1. The Morgan fingerprint density at radius 3 is 2.33 bits per heavy atom.